The van der Waals surface area contributed by atoms with Gasteiger partial charge in [0, 0.05) is 0 Å². The van der Waals surface area contributed by atoms with E-state index in [9.17, 15) is 0 Å². The molecule has 0 radical (unpaired) electrons. The number of halogens is 1. The van der Waals surface area contributed by atoms with Crippen LogP contribution >= 0.6 is 20.8 Å². The summed E-state index contributed by atoms with van der Waals surface area (Å²) in [7, 11) is 0. The topological polar surface area (TPSA) is 26.0 Å². The zero-order valence-electron chi connectivity index (χ0n) is 14.4. The zero-order valence-corrected chi connectivity index (χ0v) is 16.9. The molecule has 25 heavy (non-hydrogen) atoms. The van der Waals surface area contributed by atoms with E-state index in [1.54, 1.807) is 0 Å². The van der Waals surface area contributed by atoms with Crippen molar-refractivity contribution in [3.63, 3.8) is 0 Å². The number of rotatable bonds is 7. The summed E-state index contributed by atoms with van der Waals surface area (Å²) in [6.45, 7) is 0.734. The molecule has 0 atom stereocenters. The molecule has 0 spiro atoms. The molecule has 3 rings (SSSR count). The van der Waals surface area contributed by atoms with Gasteiger partial charge >= 0.3 is 159 Å². The summed E-state index contributed by atoms with van der Waals surface area (Å²) in [5.41, 5.74) is 5.82. The Morgan fingerprint density at radius 2 is 0.960 bits per heavy atom. The van der Waals surface area contributed by atoms with Crippen molar-refractivity contribution in [1.29, 1.82) is 0 Å². The van der Waals surface area contributed by atoms with Gasteiger partial charge in [-0.1, -0.05) is 0 Å². The van der Waals surface area contributed by atoms with Gasteiger partial charge in [-0.15, -0.1) is 0 Å². The van der Waals surface area contributed by atoms with Gasteiger partial charge in [0.15, 0.2) is 0 Å². The van der Waals surface area contributed by atoms with Gasteiger partial charge < -0.3 is 0 Å². The molecular formula is C22H25BrNP. The average molecular weight is 414 g/mol. The van der Waals surface area contributed by atoms with Crippen LogP contribution in [-0.2, 0) is 0 Å². The molecule has 3 aromatic carbocycles. The first-order chi connectivity index (χ1) is 12.2. The second kappa shape index (κ2) is 7.83. The maximum atomic E-state index is 5.82. The molecule has 0 aliphatic rings. The Bertz CT molecular complexity index is 691. The fourth-order valence-electron chi connectivity index (χ4n) is 3.60. The standard InChI is InChI=1S/C22H25BrNP/c23-25(19-11-10-18-24,20-12-4-1-5-13-20,21-14-6-2-7-15-21)22-16-8-3-9-17-22/h1-9,12-17H,10-11,18-19,24H2. The molecule has 3 aromatic rings. The van der Waals surface area contributed by atoms with Crippen LogP contribution in [0.3, 0.4) is 0 Å². The second-order valence-corrected chi connectivity index (χ2v) is 15.5. The van der Waals surface area contributed by atoms with Gasteiger partial charge in [0.2, 0.25) is 0 Å². The molecular weight excluding hydrogens is 389 g/mol. The van der Waals surface area contributed by atoms with Crippen LogP contribution in [0.15, 0.2) is 91.0 Å². The first-order valence-electron chi connectivity index (χ1n) is 8.80. The molecule has 0 aliphatic carbocycles. The van der Waals surface area contributed by atoms with Crippen LogP contribution in [0.4, 0.5) is 0 Å². The molecule has 0 heterocycles. The molecule has 130 valence electrons. The van der Waals surface area contributed by atoms with Gasteiger partial charge in [0.25, 0.3) is 0 Å². The number of hydrogen-bond acceptors (Lipinski definition) is 1. The van der Waals surface area contributed by atoms with Gasteiger partial charge in [-0.2, -0.15) is 0 Å². The molecule has 0 fully saturated rings. The average Bonchev–Trinajstić information content (AvgIpc) is 2.70. The maximum absolute atomic E-state index is 5.82. The molecule has 0 bridgehead atoms. The summed E-state index contributed by atoms with van der Waals surface area (Å²) in [6, 6.07) is 32.8. The molecule has 0 unspecified atom stereocenters. The Hall–Kier alpha value is -1.47. The number of hydrogen-bond donors (Lipinski definition) is 1. The third-order valence-electron chi connectivity index (χ3n) is 4.92. The molecule has 0 saturated carbocycles. The minimum absolute atomic E-state index is 0.734. The third-order valence-corrected chi connectivity index (χ3v) is 14.9. The molecule has 1 nitrogen and oxygen atoms in total. The van der Waals surface area contributed by atoms with E-state index in [1.807, 2.05) is 0 Å². The number of unbranched alkanes of at least 4 members (excludes halogenated alkanes) is 1. The fraction of sp³-hybridized carbons (Fsp3) is 0.182. The van der Waals surface area contributed by atoms with Crippen LogP contribution in [0.1, 0.15) is 12.8 Å². The van der Waals surface area contributed by atoms with E-state index in [2.05, 4.69) is 106 Å². The Morgan fingerprint density at radius 1 is 0.600 bits per heavy atom. The van der Waals surface area contributed by atoms with Crippen molar-refractivity contribution >= 4 is 36.7 Å². The monoisotopic (exact) mass is 413 g/mol. The van der Waals surface area contributed by atoms with Crippen LogP contribution in [-0.4, -0.2) is 12.7 Å². The van der Waals surface area contributed by atoms with E-state index in [0.29, 0.717) is 0 Å². The van der Waals surface area contributed by atoms with E-state index in [-0.39, 0.29) is 0 Å². The van der Waals surface area contributed by atoms with E-state index >= 15 is 0 Å². The van der Waals surface area contributed by atoms with Crippen LogP contribution in [0.25, 0.3) is 0 Å². The molecule has 0 aromatic heterocycles. The van der Waals surface area contributed by atoms with Crippen LogP contribution < -0.4 is 21.6 Å². The number of benzene rings is 3. The van der Waals surface area contributed by atoms with Crippen molar-refractivity contribution in [3.05, 3.63) is 91.0 Å². The van der Waals surface area contributed by atoms with Crippen molar-refractivity contribution in [2.45, 2.75) is 12.8 Å². The van der Waals surface area contributed by atoms with E-state index in [1.165, 1.54) is 15.9 Å². The van der Waals surface area contributed by atoms with Crippen molar-refractivity contribution < 1.29 is 0 Å². The molecule has 0 aliphatic heterocycles. The molecule has 0 saturated heterocycles. The summed E-state index contributed by atoms with van der Waals surface area (Å²) in [5, 5.41) is 1.42. The summed E-state index contributed by atoms with van der Waals surface area (Å²) >= 11 is 4.44. The predicted octanol–water partition coefficient (Wildman–Crippen LogP) is 4.57. The Balaban J connectivity index is 2.32. The normalized spacial score (nSPS) is 13.1. The minimum atomic E-state index is -2.71. The van der Waals surface area contributed by atoms with Crippen LogP contribution in [0.5, 0.6) is 0 Å². The number of nitrogens with two attached hydrogens (primary N) is 1. The van der Waals surface area contributed by atoms with Gasteiger partial charge in [0.1, 0.15) is 0 Å². The van der Waals surface area contributed by atoms with Crippen LogP contribution in [0, 0.1) is 0 Å². The Labute approximate surface area is 158 Å². The first-order valence-corrected chi connectivity index (χ1v) is 13.2. The third kappa shape index (κ3) is 3.31. The summed E-state index contributed by atoms with van der Waals surface area (Å²) in [6.07, 6.45) is 3.20. The van der Waals surface area contributed by atoms with Crippen LogP contribution in [0.2, 0.25) is 0 Å². The van der Waals surface area contributed by atoms with Gasteiger partial charge in [0.05, 0.1) is 0 Å². The quantitative estimate of drug-likeness (QED) is 0.445. The van der Waals surface area contributed by atoms with E-state index in [4.69, 9.17) is 5.73 Å². The second-order valence-electron chi connectivity index (χ2n) is 6.41. The summed E-state index contributed by atoms with van der Waals surface area (Å²) < 4.78 is 0. The fourth-order valence-corrected chi connectivity index (χ4v) is 11.4. The zero-order chi connectivity index (χ0) is 17.6. The molecule has 3 heteroatoms. The summed E-state index contributed by atoms with van der Waals surface area (Å²) in [4.78, 5) is 0. The summed E-state index contributed by atoms with van der Waals surface area (Å²) in [5.74, 6) is 0. The van der Waals surface area contributed by atoms with Crippen molar-refractivity contribution in [3.8, 4) is 0 Å². The van der Waals surface area contributed by atoms with E-state index in [0.717, 1.165) is 25.5 Å². The van der Waals surface area contributed by atoms with Crippen molar-refractivity contribution in [1.82, 2.24) is 0 Å². The molecule has 0 amide bonds. The molecule has 2 N–H and O–H groups in total. The van der Waals surface area contributed by atoms with E-state index < -0.39 is 5.31 Å². The van der Waals surface area contributed by atoms with Crippen molar-refractivity contribution in [2.75, 3.05) is 12.7 Å². The Morgan fingerprint density at radius 3 is 1.28 bits per heavy atom. The van der Waals surface area contributed by atoms with Crippen molar-refractivity contribution in [2.24, 2.45) is 5.73 Å². The Kier molecular flexibility index (Phi) is 5.74. The SMILES string of the molecule is NCCCCP(Br)(c1ccccc1)(c1ccccc1)c1ccccc1. The van der Waals surface area contributed by atoms with Gasteiger partial charge in [-0.3, -0.25) is 0 Å². The van der Waals surface area contributed by atoms with Gasteiger partial charge in [-0.05, 0) is 0 Å². The predicted molar refractivity (Wildman–Crippen MR) is 117 cm³/mol. The first kappa shape index (κ1) is 18.3. The van der Waals surface area contributed by atoms with Gasteiger partial charge in [-0.25, -0.2) is 0 Å².